The third-order valence-corrected chi connectivity index (χ3v) is 8.18. The van der Waals surface area contributed by atoms with E-state index < -0.39 is 10.0 Å². The predicted octanol–water partition coefficient (Wildman–Crippen LogP) is 2.48. The van der Waals surface area contributed by atoms with Crippen LogP contribution >= 0.6 is 11.6 Å². The Kier molecular flexibility index (Phi) is 4.36. The van der Waals surface area contributed by atoms with E-state index in [9.17, 15) is 18.0 Å². The van der Waals surface area contributed by atoms with Crippen LogP contribution in [0.25, 0.3) is 0 Å². The van der Waals surface area contributed by atoms with Gasteiger partial charge in [-0.25, -0.2) is 8.42 Å². The number of fused-ring (bicyclic) bond motifs is 2. The smallest absolute Gasteiger partial charge is 0.243 e. The highest BCUT2D eigenvalue weighted by Crippen LogP contribution is 2.42. The summed E-state index contributed by atoms with van der Waals surface area (Å²) in [5, 5.41) is 0.393. The molecule has 4 rings (SSSR count). The van der Waals surface area contributed by atoms with Crippen molar-refractivity contribution in [2.45, 2.75) is 68.5 Å². The van der Waals surface area contributed by atoms with E-state index in [1.54, 1.807) is 23.4 Å². The number of carbonyl (C=O) groups excluding carboxylic acids is 2. The second-order valence-corrected chi connectivity index (χ2v) is 9.66. The molecular weight excluding hydrogens is 376 g/mol. The molecule has 3 aliphatic heterocycles. The molecule has 26 heavy (non-hydrogen) atoms. The molecule has 3 aliphatic rings. The monoisotopic (exact) mass is 396 g/mol. The Labute approximate surface area is 158 Å². The molecule has 0 aliphatic carbocycles. The Morgan fingerprint density at radius 3 is 2.15 bits per heavy atom. The summed E-state index contributed by atoms with van der Waals surface area (Å²) in [6.07, 6.45) is 3.11. The van der Waals surface area contributed by atoms with Gasteiger partial charge in [-0.05, 0) is 50.3 Å². The molecular formula is C18H21ClN2O4S. The van der Waals surface area contributed by atoms with Gasteiger partial charge in [0.1, 0.15) is 0 Å². The fraction of sp³-hybridized carbons (Fsp3) is 0.556. The van der Waals surface area contributed by atoms with E-state index in [1.807, 2.05) is 0 Å². The van der Waals surface area contributed by atoms with Crippen LogP contribution in [0.5, 0.6) is 0 Å². The minimum Gasteiger partial charge on any atom is -0.279 e. The number of rotatable bonds is 3. The lowest BCUT2D eigenvalue weighted by molar-refractivity contribution is -0.142. The van der Waals surface area contributed by atoms with Gasteiger partial charge < -0.3 is 0 Å². The van der Waals surface area contributed by atoms with E-state index in [2.05, 4.69) is 0 Å². The first-order valence-electron chi connectivity index (χ1n) is 8.93. The highest BCUT2D eigenvalue weighted by Gasteiger charge is 2.50. The summed E-state index contributed by atoms with van der Waals surface area (Å²) in [5.74, 6) is -0.247. The fourth-order valence-corrected chi connectivity index (χ4v) is 7.06. The van der Waals surface area contributed by atoms with E-state index in [4.69, 9.17) is 11.6 Å². The molecule has 0 aromatic heterocycles. The van der Waals surface area contributed by atoms with Crippen LogP contribution in [0.15, 0.2) is 23.1 Å². The van der Waals surface area contributed by atoms with Crippen LogP contribution in [-0.4, -0.2) is 47.6 Å². The number of halogens is 1. The largest absolute Gasteiger partial charge is 0.279 e. The van der Waals surface area contributed by atoms with Crippen LogP contribution in [-0.2, 0) is 19.6 Å². The Morgan fingerprint density at radius 2 is 1.58 bits per heavy atom. The van der Waals surface area contributed by atoms with Gasteiger partial charge in [0.25, 0.3) is 0 Å². The zero-order valence-electron chi connectivity index (χ0n) is 14.5. The molecule has 3 fully saturated rings. The average Bonchev–Trinajstić information content (AvgIpc) is 3.06. The molecule has 0 N–H and O–H groups in total. The van der Waals surface area contributed by atoms with Crippen molar-refractivity contribution in [2.75, 3.05) is 0 Å². The lowest BCUT2D eigenvalue weighted by Gasteiger charge is -2.40. The van der Waals surface area contributed by atoms with Gasteiger partial charge in [-0.3, -0.25) is 14.5 Å². The van der Waals surface area contributed by atoms with Gasteiger partial charge in [0.15, 0.2) is 0 Å². The second kappa shape index (κ2) is 6.32. The molecule has 8 heteroatoms. The van der Waals surface area contributed by atoms with Crippen LogP contribution in [0.4, 0.5) is 0 Å². The number of hydrogen-bond donors (Lipinski definition) is 0. The summed E-state index contributed by atoms with van der Waals surface area (Å²) in [5.41, 5.74) is 0.667. The zero-order chi connectivity index (χ0) is 18.6. The minimum atomic E-state index is -3.66. The lowest BCUT2D eigenvalue weighted by Crippen LogP contribution is -2.53. The van der Waals surface area contributed by atoms with Gasteiger partial charge in [-0.1, -0.05) is 17.7 Å². The zero-order valence-corrected chi connectivity index (χ0v) is 16.1. The van der Waals surface area contributed by atoms with Gasteiger partial charge in [0.2, 0.25) is 21.8 Å². The summed E-state index contributed by atoms with van der Waals surface area (Å²) in [6, 6.07) is 4.37. The van der Waals surface area contributed by atoms with E-state index in [0.717, 1.165) is 12.8 Å². The summed E-state index contributed by atoms with van der Waals surface area (Å²) < 4.78 is 28.2. The number of piperidine rings is 1. The van der Waals surface area contributed by atoms with E-state index in [0.29, 0.717) is 23.4 Å². The number of imide groups is 1. The van der Waals surface area contributed by atoms with E-state index >= 15 is 0 Å². The number of likely N-dealkylation sites (tertiary alicyclic amines) is 1. The molecule has 2 amide bonds. The van der Waals surface area contributed by atoms with Crippen molar-refractivity contribution in [3.05, 3.63) is 28.8 Å². The standard InChI is InChI=1S/C18H21ClN2O4S/c1-11-2-3-12(19)8-16(11)26(24,25)21-13-4-5-14(21)10-15(9-13)20-17(22)6-7-18(20)23/h2-3,8,13-15H,4-7,9-10H2,1H3. The van der Waals surface area contributed by atoms with Crippen molar-refractivity contribution < 1.29 is 18.0 Å². The first-order valence-corrected chi connectivity index (χ1v) is 10.8. The SMILES string of the molecule is Cc1ccc(Cl)cc1S(=O)(=O)N1C2CCC1CC(N1C(=O)CCC1=O)C2. The Balaban J connectivity index is 1.63. The number of amides is 2. The summed E-state index contributed by atoms with van der Waals surface area (Å²) in [7, 11) is -3.66. The number of nitrogens with zero attached hydrogens (tertiary/aromatic N) is 2. The second-order valence-electron chi connectivity index (χ2n) is 7.41. The van der Waals surface area contributed by atoms with E-state index in [1.165, 1.54) is 11.0 Å². The number of sulfonamides is 1. The maximum absolute atomic E-state index is 13.3. The number of carbonyl (C=O) groups is 2. The third kappa shape index (κ3) is 2.77. The Hall–Kier alpha value is -1.44. The molecule has 6 nitrogen and oxygen atoms in total. The third-order valence-electron chi connectivity index (χ3n) is 5.80. The van der Waals surface area contributed by atoms with Crippen LogP contribution in [0.2, 0.25) is 5.02 Å². The number of benzene rings is 1. The highest BCUT2D eigenvalue weighted by molar-refractivity contribution is 7.89. The van der Waals surface area contributed by atoms with Crippen LogP contribution in [0, 0.1) is 6.92 Å². The maximum atomic E-state index is 13.3. The van der Waals surface area contributed by atoms with Crippen LogP contribution in [0.3, 0.4) is 0 Å². The van der Waals surface area contributed by atoms with Crippen molar-refractivity contribution in [3.63, 3.8) is 0 Å². The molecule has 140 valence electrons. The Bertz CT molecular complexity index is 855. The quantitative estimate of drug-likeness (QED) is 0.735. The number of aryl methyl sites for hydroxylation is 1. The number of hydrogen-bond acceptors (Lipinski definition) is 4. The first-order chi connectivity index (χ1) is 12.3. The van der Waals surface area contributed by atoms with Gasteiger partial charge >= 0.3 is 0 Å². The minimum absolute atomic E-state index is 0.124. The maximum Gasteiger partial charge on any atom is 0.243 e. The average molecular weight is 397 g/mol. The lowest BCUT2D eigenvalue weighted by atomic mass is 9.98. The first kappa shape index (κ1) is 17.9. The van der Waals surface area contributed by atoms with Crippen molar-refractivity contribution in [1.82, 2.24) is 9.21 Å². The van der Waals surface area contributed by atoms with Gasteiger partial charge in [-0.15, -0.1) is 0 Å². The topological polar surface area (TPSA) is 74.8 Å². The fourth-order valence-electron chi connectivity index (χ4n) is 4.68. The molecule has 1 aromatic carbocycles. The molecule has 2 atom stereocenters. The highest BCUT2D eigenvalue weighted by atomic mass is 35.5. The van der Waals surface area contributed by atoms with Gasteiger partial charge in [0.05, 0.1) is 4.90 Å². The molecule has 0 saturated carbocycles. The summed E-state index contributed by atoms with van der Waals surface area (Å²) in [4.78, 5) is 25.7. The predicted molar refractivity (Wildman–Crippen MR) is 96.1 cm³/mol. The van der Waals surface area contributed by atoms with Crippen LogP contribution < -0.4 is 0 Å². The van der Waals surface area contributed by atoms with Crippen molar-refractivity contribution >= 4 is 33.4 Å². The normalized spacial score (nSPS) is 29.6. The van der Waals surface area contributed by atoms with E-state index in [-0.39, 0.29) is 47.7 Å². The molecule has 1 aromatic rings. The van der Waals surface area contributed by atoms with Gasteiger partial charge in [0, 0.05) is 36.0 Å². The van der Waals surface area contributed by atoms with Gasteiger partial charge in [-0.2, -0.15) is 4.31 Å². The molecule has 0 spiro atoms. The van der Waals surface area contributed by atoms with Crippen molar-refractivity contribution in [3.8, 4) is 0 Å². The molecule has 3 saturated heterocycles. The van der Waals surface area contributed by atoms with Crippen molar-refractivity contribution in [1.29, 1.82) is 0 Å². The van der Waals surface area contributed by atoms with Crippen molar-refractivity contribution in [2.24, 2.45) is 0 Å². The summed E-state index contributed by atoms with van der Waals surface area (Å²) in [6.45, 7) is 1.76. The molecule has 2 unspecified atom stereocenters. The van der Waals surface area contributed by atoms with Crippen LogP contribution in [0.1, 0.15) is 44.1 Å². The molecule has 2 bridgehead atoms. The molecule has 3 heterocycles. The summed E-state index contributed by atoms with van der Waals surface area (Å²) >= 11 is 6.03. The Morgan fingerprint density at radius 1 is 1.00 bits per heavy atom. The molecule has 0 radical (unpaired) electrons.